The summed E-state index contributed by atoms with van der Waals surface area (Å²) >= 11 is 0. The van der Waals surface area contributed by atoms with Crippen LogP contribution in [0.1, 0.15) is 33.6 Å². The summed E-state index contributed by atoms with van der Waals surface area (Å²) in [4.78, 5) is 15.8. The maximum Gasteiger partial charge on any atom is 0.237 e. The molecule has 0 aliphatic heterocycles. The van der Waals surface area contributed by atoms with E-state index in [0.29, 0.717) is 31.0 Å². The van der Waals surface area contributed by atoms with Gasteiger partial charge in [0.15, 0.2) is 0 Å². The molecule has 0 aliphatic carbocycles. The Hall–Kier alpha value is -1.62. The fourth-order valence-electron chi connectivity index (χ4n) is 1.39. The zero-order valence-electron chi connectivity index (χ0n) is 11.2. The highest BCUT2D eigenvalue weighted by atomic mass is 16.5. The molecule has 0 bridgehead atoms. The van der Waals surface area contributed by atoms with E-state index in [-0.39, 0.29) is 11.4 Å². The Morgan fingerprint density at radius 2 is 2.28 bits per heavy atom. The number of hydrogen-bond donors (Lipinski definition) is 2. The van der Waals surface area contributed by atoms with Crippen molar-refractivity contribution in [3.8, 4) is 5.88 Å². The van der Waals surface area contributed by atoms with Crippen LogP contribution in [0.15, 0.2) is 18.3 Å². The number of nitrogens with two attached hydrogens (primary N) is 1. The molecule has 0 aromatic carbocycles. The van der Waals surface area contributed by atoms with Gasteiger partial charge in [-0.05, 0) is 39.3 Å². The number of nitrogens with zero attached hydrogens (tertiary/aromatic N) is 1. The number of carbonyl (C=O) groups excluding carboxylic acids is 1. The number of aromatic nitrogens is 1. The zero-order chi connectivity index (χ0) is 13.6. The molecule has 1 amide bonds. The smallest absolute Gasteiger partial charge is 0.237 e. The molecule has 5 nitrogen and oxygen atoms in total. The number of hydrogen-bond acceptors (Lipinski definition) is 4. The summed E-state index contributed by atoms with van der Waals surface area (Å²) in [6, 6.07) is 3.52. The first-order chi connectivity index (χ1) is 8.42. The van der Waals surface area contributed by atoms with Crippen LogP contribution in [-0.2, 0) is 4.79 Å². The van der Waals surface area contributed by atoms with E-state index in [4.69, 9.17) is 10.5 Å². The molecule has 0 saturated heterocycles. The predicted octanol–water partition coefficient (Wildman–Crippen LogP) is 1.94. The third kappa shape index (κ3) is 5.14. The standard InChI is InChI=1S/C13H21N3O2/c1-4-18-12-10(6-5-9-15-12)16-11(17)7-8-13(2,3)14/h5-6,9H,4,7-8,14H2,1-3H3,(H,16,17). The van der Waals surface area contributed by atoms with Gasteiger partial charge in [0.25, 0.3) is 0 Å². The maximum absolute atomic E-state index is 11.8. The second-order valence-electron chi connectivity index (χ2n) is 4.83. The number of carbonyl (C=O) groups is 1. The van der Waals surface area contributed by atoms with Crippen LogP contribution in [0.25, 0.3) is 0 Å². The Morgan fingerprint density at radius 1 is 1.56 bits per heavy atom. The van der Waals surface area contributed by atoms with Gasteiger partial charge >= 0.3 is 0 Å². The minimum Gasteiger partial charge on any atom is -0.476 e. The fraction of sp³-hybridized carbons (Fsp3) is 0.538. The predicted molar refractivity (Wildman–Crippen MR) is 71.5 cm³/mol. The van der Waals surface area contributed by atoms with E-state index >= 15 is 0 Å². The molecule has 1 aromatic rings. The monoisotopic (exact) mass is 251 g/mol. The van der Waals surface area contributed by atoms with Gasteiger partial charge in [0.05, 0.1) is 6.61 Å². The molecule has 100 valence electrons. The van der Waals surface area contributed by atoms with Crippen LogP contribution in [0.2, 0.25) is 0 Å². The van der Waals surface area contributed by atoms with Gasteiger partial charge in [-0.1, -0.05) is 0 Å². The molecule has 18 heavy (non-hydrogen) atoms. The number of ether oxygens (including phenoxy) is 1. The van der Waals surface area contributed by atoms with E-state index in [9.17, 15) is 4.79 Å². The first kappa shape index (κ1) is 14.4. The fourth-order valence-corrected chi connectivity index (χ4v) is 1.39. The summed E-state index contributed by atoms with van der Waals surface area (Å²) in [5.74, 6) is 0.364. The Morgan fingerprint density at radius 3 is 2.89 bits per heavy atom. The molecule has 1 heterocycles. The number of nitrogens with one attached hydrogen (secondary N) is 1. The molecule has 1 rings (SSSR count). The maximum atomic E-state index is 11.8. The van der Waals surface area contributed by atoms with E-state index in [1.54, 1.807) is 18.3 Å². The highest BCUT2D eigenvalue weighted by Gasteiger charge is 2.14. The normalized spacial score (nSPS) is 11.1. The van der Waals surface area contributed by atoms with Gasteiger partial charge in [0, 0.05) is 18.2 Å². The van der Waals surface area contributed by atoms with Crippen molar-refractivity contribution >= 4 is 11.6 Å². The molecule has 0 saturated carbocycles. The van der Waals surface area contributed by atoms with Crippen molar-refractivity contribution in [3.63, 3.8) is 0 Å². The van der Waals surface area contributed by atoms with Gasteiger partial charge in [-0.2, -0.15) is 0 Å². The molecular formula is C13H21N3O2. The minimum absolute atomic E-state index is 0.0810. The molecule has 0 aliphatic rings. The molecule has 1 aromatic heterocycles. The van der Waals surface area contributed by atoms with E-state index in [0.717, 1.165) is 0 Å². The van der Waals surface area contributed by atoms with Gasteiger partial charge in [-0.25, -0.2) is 4.98 Å². The lowest BCUT2D eigenvalue weighted by atomic mass is 10.00. The molecule has 0 atom stereocenters. The molecular weight excluding hydrogens is 230 g/mol. The average Bonchev–Trinajstić information content (AvgIpc) is 2.29. The van der Waals surface area contributed by atoms with E-state index in [2.05, 4.69) is 10.3 Å². The van der Waals surface area contributed by atoms with Gasteiger partial charge in [0.2, 0.25) is 11.8 Å². The van der Waals surface area contributed by atoms with Crippen molar-refractivity contribution in [2.24, 2.45) is 5.73 Å². The van der Waals surface area contributed by atoms with Crippen molar-refractivity contribution in [3.05, 3.63) is 18.3 Å². The highest BCUT2D eigenvalue weighted by molar-refractivity contribution is 5.91. The summed E-state index contributed by atoms with van der Waals surface area (Å²) in [6.07, 6.45) is 2.64. The largest absolute Gasteiger partial charge is 0.476 e. The number of rotatable bonds is 6. The second kappa shape index (κ2) is 6.35. The van der Waals surface area contributed by atoms with Gasteiger partial charge < -0.3 is 15.8 Å². The highest BCUT2D eigenvalue weighted by Crippen LogP contribution is 2.21. The van der Waals surface area contributed by atoms with Crippen LogP contribution < -0.4 is 15.8 Å². The van der Waals surface area contributed by atoms with Crippen molar-refractivity contribution < 1.29 is 9.53 Å². The Kier molecular flexibility index (Phi) is 5.09. The summed E-state index contributed by atoms with van der Waals surface area (Å²) in [7, 11) is 0. The number of amides is 1. The van der Waals surface area contributed by atoms with Gasteiger partial charge in [-0.3, -0.25) is 4.79 Å². The quantitative estimate of drug-likeness (QED) is 0.810. The van der Waals surface area contributed by atoms with Crippen LogP contribution in [0.5, 0.6) is 5.88 Å². The Bertz CT molecular complexity index is 399. The topological polar surface area (TPSA) is 77.2 Å². The van der Waals surface area contributed by atoms with E-state index in [1.165, 1.54) is 0 Å². The molecule has 0 fully saturated rings. The minimum atomic E-state index is -0.338. The van der Waals surface area contributed by atoms with Crippen molar-refractivity contribution in [1.29, 1.82) is 0 Å². The molecule has 3 N–H and O–H groups in total. The summed E-state index contributed by atoms with van der Waals surface area (Å²) < 4.78 is 5.33. The third-order valence-corrected chi connectivity index (χ3v) is 2.32. The van der Waals surface area contributed by atoms with Crippen LogP contribution in [0.4, 0.5) is 5.69 Å². The first-order valence-corrected chi connectivity index (χ1v) is 6.09. The summed E-state index contributed by atoms with van der Waals surface area (Å²) in [6.45, 7) is 6.18. The molecule has 5 heteroatoms. The summed E-state index contributed by atoms with van der Waals surface area (Å²) in [5, 5.41) is 2.79. The van der Waals surface area contributed by atoms with Crippen LogP contribution in [0.3, 0.4) is 0 Å². The lowest BCUT2D eigenvalue weighted by Gasteiger charge is -2.17. The lowest BCUT2D eigenvalue weighted by molar-refractivity contribution is -0.116. The molecule has 0 spiro atoms. The van der Waals surface area contributed by atoms with Crippen LogP contribution in [-0.4, -0.2) is 23.0 Å². The van der Waals surface area contributed by atoms with Gasteiger partial charge in [0.1, 0.15) is 5.69 Å². The second-order valence-corrected chi connectivity index (χ2v) is 4.83. The van der Waals surface area contributed by atoms with E-state index < -0.39 is 0 Å². The van der Waals surface area contributed by atoms with E-state index in [1.807, 2.05) is 20.8 Å². The average molecular weight is 251 g/mol. The number of pyridine rings is 1. The zero-order valence-corrected chi connectivity index (χ0v) is 11.2. The number of anilines is 1. The van der Waals surface area contributed by atoms with Crippen molar-refractivity contribution in [2.45, 2.75) is 39.2 Å². The van der Waals surface area contributed by atoms with Crippen LogP contribution >= 0.6 is 0 Å². The Labute approximate surface area is 108 Å². The lowest BCUT2D eigenvalue weighted by Crippen LogP contribution is -2.33. The summed E-state index contributed by atoms with van der Waals surface area (Å²) in [5.41, 5.74) is 6.10. The van der Waals surface area contributed by atoms with Gasteiger partial charge in [-0.15, -0.1) is 0 Å². The molecule has 0 unspecified atom stereocenters. The van der Waals surface area contributed by atoms with Crippen LogP contribution in [0, 0.1) is 0 Å². The third-order valence-electron chi connectivity index (χ3n) is 2.32. The first-order valence-electron chi connectivity index (χ1n) is 6.09. The Balaban J connectivity index is 2.59. The van der Waals surface area contributed by atoms with Crippen molar-refractivity contribution in [1.82, 2.24) is 4.98 Å². The van der Waals surface area contributed by atoms with Crippen molar-refractivity contribution in [2.75, 3.05) is 11.9 Å². The molecule has 0 radical (unpaired) electrons. The SMILES string of the molecule is CCOc1ncccc1NC(=O)CCC(C)(C)N.